The Bertz CT molecular complexity index is 469. The zero-order valence-corrected chi connectivity index (χ0v) is 8.51. The average molecular weight is 202 g/mol. The number of benzene rings is 1. The second-order valence-electron chi connectivity index (χ2n) is 2.95. The van der Waals surface area contributed by atoms with E-state index in [1.165, 1.54) is 0 Å². The van der Waals surface area contributed by atoms with Crippen molar-refractivity contribution in [3.05, 3.63) is 60.0 Å². The third-order valence-corrected chi connectivity index (χ3v) is 3.77. The molecule has 0 amide bonds. The van der Waals surface area contributed by atoms with Crippen LogP contribution in [0.15, 0.2) is 59.4 Å². The van der Waals surface area contributed by atoms with Crippen molar-refractivity contribution in [2.45, 2.75) is 4.90 Å². The summed E-state index contributed by atoms with van der Waals surface area (Å²) in [4.78, 5) is 1.62. The zero-order valence-electron chi connectivity index (χ0n) is 7.69. The maximum Gasteiger partial charge on any atom is 0.0862 e. The van der Waals surface area contributed by atoms with Gasteiger partial charge < -0.3 is 0 Å². The molecule has 1 nitrogen and oxygen atoms in total. The first-order valence-electron chi connectivity index (χ1n) is 4.30. The van der Waals surface area contributed by atoms with Crippen LogP contribution in [0.1, 0.15) is 5.56 Å². The Morgan fingerprint density at radius 3 is 2.50 bits per heavy atom. The molecule has 1 atom stereocenters. The molecule has 1 aliphatic rings. The van der Waals surface area contributed by atoms with Crippen molar-refractivity contribution in [1.29, 1.82) is 0 Å². The highest BCUT2D eigenvalue weighted by Gasteiger charge is 2.23. The maximum absolute atomic E-state index is 11.9. The van der Waals surface area contributed by atoms with Gasteiger partial charge in [-0.25, -0.2) is 4.21 Å². The standard InChI is InChI=1S/C12H10OS/c1-3-9-10-7-5-6-8-12(10)14(13)11(9)4-2/h3-8H,1-2H2. The average Bonchev–Trinajstić information content (AvgIpc) is 2.51. The molecule has 0 aromatic heterocycles. The van der Waals surface area contributed by atoms with Gasteiger partial charge in [-0.1, -0.05) is 43.5 Å². The molecule has 0 saturated heterocycles. The van der Waals surface area contributed by atoms with E-state index in [9.17, 15) is 4.21 Å². The Hall–Kier alpha value is -1.41. The lowest BCUT2D eigenvalue weighted by Gasteiger charge is -1.96. The molecule has 70 valence electrons. The van der Waals surface area contributed by atoms with E-state index in [0.29, 0.717) is 0 Å². The summed E-state index contributed by atoms with van der Waals surface area (Å²) < 4.78 is 11.9. The Balaban J connectivity index is 2.75. The predicted octanol–water partition coefficient (Wildman–Crippen LogP) is 2.89. The monoisotopic (exact) mass is 202 g/mol. The van der Waals surface area contributed by atoms with Gasteiger partial charge in [0.2, 0.25) is 0 Å². The molecule has 0 fully saturated rings. The molecule has 1 aromatic rings. The fourth-order valence-electron chi connectivity index (χ4n) is 1.60. The molecule has 1 unspecified atom stereocenters. The minimum atomic E-state index is -1.08. The lowest BCUT2D eigenvalue weighted by Crippen LogP contribution is -1.86. The summed E-state index contributed by atoms with van der Waals surface area (Å²) in [5.41, 5.74) is 1.95. The molecule has 0 spiro atoms. The van der Waals surface area contributed by atoms with Crippen LogP contribution in [0.5, 0.6) is 0 Å². The summed E-state index contributed by atoms with van der Waals surface area (Å²) in [6.07, 6.45) is 3.38. The summed E-state index contributed by atoms with van der Waals surface area (Å²) in [6, 6.07) is 7.67. The third-order valence-electron chi connectivity index (χ3n) is 2.23. The van der Waals surface area contributed by atoms with E-state index in [1.807, 2.05) is 24.3 Å². The summed E-state index contributed by atoms with van der Waals surface area (Å²) in [7, 11) is -1.08. The van der Waals surface area contributed by atoms with Crippen molar-refractivity contribution in [3.63, 3.8) is 0 Å². The highest BCUT2D eigenvalue weighted by Crippen LogP contribution is 2.36. The van der Waals surface area contributed by atoms with E-state index in [2.05, 4.69) is 13.2 Å². The molecule has 2 heteroatoms. The van der Waals surface area contributed by atoms with E-state index in [-0.39, 0.29) is 0 Å². The molecular weight excluding hydrogens is 192 g/mol. The van der Waals surface area contributed by atoms with E-state index >= 15 is 0 Å². The van der Waals surface area contributed by atoms with Gasteiger partial charge in [0.25, 0.3) is 0 Å². The molecule has 1 aliphatic heterocycles. The number of fused-ring (bicyclic) bond motifs is 1. The minimum Gasteiger partial charge on any atom is -0.249 e. The van der Waals surface area contributed by atoms with Crippen molar-refractivity contribution in [2.24, 2.45) is 0 Å². The largest absolute Gasteiger partial charge is 0.249 e. The second-order valence-corrected chi connectivity index (χ2v) is 4.37. The Morgan fingerprint density at radius 2 is 1.86 bits per heavy atom. The molecule has 0 N–H and O–H groups in total. The van der Waals surface area contributed by atoms with Crippen LogP contribution in [-0.2, 0) is 10.8 Å². The van der Waals surface area contributed by atoms with Crippen LogP contribution in [0.2, 0.25) is 0 Å². The normalized spacial score (nSPS) is 19.3. The summed E-state index contributed by atoms with van der Waals surface area (Å²) in [6.45, 7) is 7.41. The fraction of sp³-hybridized carbons (Fsp3) is 0. The minimum absolute atomic E-state index is 0.765. The lowest BCUT2D eigenvalue weighted by atomic mass is 10.1. The Kier molecular flexibility index (Phi) is 2.22. The van der Waals surface area contributed by atoms with Crippen LogP contribution in [0, 0.1) is 0 Å². The molecule has 0 radical (unpaired) electrons. The number of hydrogen-bond donors (Lipinski definition) is 0. The molecule has 0 saturated carbocycles. The molecule has 0 bridgehead atoms. The first kappa shape index (κ1) is 9.16. The van der Waals surface area contributed by atoms with Crippen molar-refractivity contribution < 1.29 is 4.21 Å². The number of hydrogen-bond acceptors (Lipinski definition) is 1. The van der Waals surface area contributed by atoms with E-state index in [1.54, 1.807) is 12.2 Å². The maximum atomic E-state index is 11.9. The van der Waals surface area contributed by atoms with Gasteiger partial charge in [-0.15, -0.1) is 0 Å². The SMILES string of the molecule is C=CC1=C(C=C)S(=O)c2ccccc21. The number of allylic oxidation sites excluding steroid dienone is 3. The van der Waals surface area contributed by atoms with Crippen LogP contribution < -0.4 is 0 Å². The summed E-state index contributed by atoms with van der Waals surface area (Å²) in [5.74, 6) is 0. The highest BCUT2D eigenvalue weighted by atomic mass is 32.2. The molecule has 1 heterocycles. The second kappa shape index (κ2) is 3.39. The fourth-order valence-corrected chi connectivity index (χ4v) is 2.96. The number of rotatable bonds is 2. The third kappa shape index (κ3) is 1.11. The quantitative estimate of drug-likeness (QED) is 0.720. The highest BCUT2D eigenvalue weighted by molar-refractivity contribution is 7.90. The van der Waals surface area contributed by atoms with Gasteiger partial charge in [0.15, 0.2) is 0 Å². The molecule has 1 aromatic carbocycles. The summed E-state index contributed by atoms with van der Waals surface area (Å²) in [5, 5.41) is 0. The van der Waals surface area contributed by atoms with Gasteiger partial charge in [-0.05, 0) is 17.2 Å². The van der Waals surface area contributed by atoms with E-state index in [0.717, 1.165) is 20.9 Å². The van der Waals surface area contributed by atoms with E-state index < -0.39 is 10.8 Å². The lowest BCUT2D eigenvalue weighted by molar-refractivity contribution is 0.688. The predicted molar refractivity (Wildman–Crippen MR) is 60.2 cm³/mol. The van der Waals surface area contributed by atoms with Crippen molar-refractivity contribution in [3.8, 4) is 0 Å². The van der Waals surface area contributed by atoms with Crippen molar-refractivity contribution in [2.75, 3.05) is 0 Å². The topological polar surface area (TPSA) is 17.1 Å². The first-order chi connectivity index (χ1) is 6.79. The summed E-state index contributed by atoms with van der Waals surface area (Å²) >= 11 is 0. The van der Waals surface area contributed by atoms with Gasteiger partial charge in [0, 0.05) is 0 Å². The van der Waals surface area contributed by atoms with Crippen LogP contribution in [0.3, 0.4) is 0 Å². The van der Waals surface area contributed by atoms with Gasteiger partial charge in [0.1, 0.15) is 0 Å². The van der Waals surface area contributed by atoms with Crippen molar-refractivity contribution >= 4 is 16.4 Å². The zero-order chi connectivity index (χ0) is 10.1. The smallest absolute Gasteiger partial charge is 0.0862 e. The van der Waals surface area contributed by atoms with Crippen LogP contribution in [0.25, 0.3) is 5.57 Å². The van der Waals surface area contributed by atoms with Gasteiger partial charge in [-0.2, -0.15) is 0 Å². The van der Waals surface area contributed by atoms with Crippen LogP contribution in [0.4, 0.5) is 0 Å². The Labute approximate surface area is 85.9 Å². The van der Waals surface area contributed by atoms with Gasteiger partial charge in [-0.3, -0.25) is 0 Å². The molecule has 0 aliphatic carbocycles. The van der Waals surface area contributed by atoms with E-state index in [4.69, 9.17) is 0 Å². The molecular formula is C12H10OS. The Morgan fingerprint density at radius 1 is 1.14 bits per heavy atom. The van der Waals surface area contributed by atoms with Crippen LogP contribution >= 0.6 is 0 Å². The van der Waals surface area contributed by atoms with Gasteiger partial charge >= 0.3 is 0 Å². The van der Waals surface area contributed by atoms with Crippen LogP contribution in [-0.4, -0.2) is 4.21 Å². The first-order valence-corrected chi connectivity index (χ1v) is 5.45. The van der Waals surface area contributed by atoms with Crippen molar-refractivity contribution in [1.82, 2.24) is 0 Å². The molecule has 14 heavy (non-hydrogen) atoms. The van der Waals surface area contributed by atoms with Gasteiger partial charge in [0.05, 0.1) is 20.6 Å². The molecule has 2 rings (SSSR count).